The van der Waals surface area contributed by atoms with Crippen molar-refractivity contribution >= 4 is 0 Å². The van der Waals surface area contributed by atoms with Gasteiger partial charge in [0.1, 0.15) is 11.8 Å². The number of nitrogens with zero attached hydrogens (tertiary/aromatic N) is 5. The van der Waals surface area contributed by atoms with Gasteiger partial charge in [0.25, 0.3) is 0 Å². The van der Waals surface area contributed by atoms with Crippen LogP contribution < -0.4 is 10.2 Å². The first-order valence-electron chi connectivity index (χ1n) is 12.0. The van der Waals surface area contributed by atoms with Gasteiger partial charge in [-0.15, -0.1) is 0 Å². The van der Waals surface area contributed by atoms with E-state index in [1.807, 2.05) is 64.7 Å². The van der Waals surface area contributed by atoms with Crippen molar-refractivity contribution in [3.63, 3.8) is 0 Å². The second-order valence-electron chi connectivity index (χ2n) is 8.96. The number of para-hydroxylation sites is 1. The summed E-state index contributed by atoms with van der Waals surface area (Å²) in [5, 5.41) is 14.0. The molecule has 8 heteroatoms. The van der Waals surface area contributed by atoms with Gasteiger partial charge in [-0.25, -0.2) is 9.67 Å². The second-order valence-corrected chi connectivity index (χ2v) is 8.96. The van der Waals surface area contributed by atoms with Crippen molar-refractivity contribution in [1.82, 2.24) is 24.2 Å². The van der Waals surface area contributed by atoms with E-state index in [9.17, 15) is 5.41 Å². The standard InChI is InChI=1S/C27H28N6O2/c1-19-22-23(20-8-4-2-5-9-20)24-25(28)32(13-12-31-14-16-34-17-15-31)18-29-26(24)35-27(22)33(30-19)21-10-6-3-7-11-21/h2-11,18,23,28H,12-17H2,1H3/t23-/m1/s1. The molecule has 35 heavy (non-hydrogen) atoms. The molecule has 6 rings (SSSR count). The molecule has 1 atom stereocenters. The first-order valence-corrected chi connectivity index (χ1v) is 12.0. The Kier molecular flexibility index (Phi) is 5.67. The maximum Gasteiger partial charge on any atom is 0.230 e. The Labute approximate surface area is 203 Å². The Bertz CT molecular complexity index is 1390. The first-order chi connectivity index (χ1) is 17.2. The summed E-state index contributed by atoms with van der Waals surface area (Å²) in [6, 6.07) is 20.3. The van der Waals surface area contributed by atoms with Crippen LogP contribution in [0.2, 0.25) is 0 Å². The van der Waals surface area contributed by atoms with Gasteiger partial charge in [0, 0.05) is 26.2 Å². The van der Waals surface area contributed by atoms with Crippen molar-refractivity contribution in [1.29, 1.82) is 5.41 Å². The number of morpholine rings is 1. The average Bonchev–Trinajstić information content (AvgIpc) is 3.24. The normalized spacial score (nSPS) is 17.5. The summed E-state index contributed by atoms with van der Waals surface area (Å²) >= 11 is 0. The minimum atomic E-state index is -0.191. The molecule has 2 aliphatic rings. The zero-order valence-corrected chi connectivity index (χ0v) is 19.7. The molecule has 0 unspecified atom stereocenters. The number of benzene rings is 2. The fraction of sp³-hybridized carbons (Fsp3) is 0.296. The molecular weight excluding hydrogens is 440 g/mol. The van der Waals surface area contributed by atoms with Crippen molar-refractivity contribution in [2.75, 3.05) is 32.8 Å². The third-order valence-electron chi connectivity index (χ3n) is 6.81. The van der Waals surface area contributed by atoms with Crippen LogP contribution in [-0.4, -0.2) is 57.1 Å². The van der Waals surface area contributed by atoms with Gasteiger partial charge >= 0.3 is 0 Å². The molecule has 4 aromatic rings. The van der Waals surface area contributed by atoms with Crippen LogP contribution in [0.3, 0.4) is 0 Å². The van der Waals surface area contributed by atoms with Crippen LogP contribution in [0.15, 0.2) is 67.0 Å². The van der Waals surface area contributed by atoms with Gasteiger partial charge in [0.15, 0.2) is 0 Å². The third kappa shape index (κ3) is 3.94. The van der Waals surface area contributed by atoms with Crippen LogP contribution in [0.5, 0.6) is 11.8 Å². The van der Waals surface area contributed by atoms with E-state index in [1.54, 1.807) is 6.33 Å². The molecule has 8 nitrogen and oxygen atoms in total. The average molecular weight is 469 g/mol. The molecule has 0 saturated carbocycles. The molecule has 0 bridgehead atoms. The maximum atomic E-state index is 9.18. The number of nitrogens with one attached hydrogen (secondary N) is 1. The van der Waals surface area contributed by atoms with Gasteiger partial charge in [-0.05, 0) is 24.6 Å². The van der Waals surface area contributed by atoms with Crippen LogP contribution in [0.1, 0.15) is 28.3 Å². The number of rotatable bonds is 5. The summed E-state index contributed by atoms with van der Waals surface area (Å²) in [6.07, 6.45) is 1.73. The highest BCUT2D eigenvalue weighted by molar-refractivity contribution is 5.57. The van der Waals surface area contributed by atoms with Crippen LogP contribution in [0.4, 0.5) is 0 Å². The van der Waals surface area contributed by atoms with E-state index in [-0.39, 0.29) is 5.92 Å². The quantitative estimate of drug-likeness (QED) is 0.427. The summed E-state index contributed by atoms with van der Waals surface area (Å²) in [5.41, 5.74) is 5.09. The fourth-order valence-electron chi connectivity index (χ4n) is 5.00. The zero-order chi connectivity index (χ0) is 23.8. The summed E-state index contributed by atoms with van der Waals surface area (Å²) in [4.78, 5) is 7.07. The molecule has 0 spiro atoms. The Morgan fingerprint density at radius 1 is 0.943 bits per heavy atom. The Morgan fingerprint density at radius 2 is 1.66 bits per heavy atom. The SMILES string of the molecule is Cc1nn(-c2ccccc2)c2c1[C@@H](c1ccccc1)c1c(ncn(CCN3CCOCC3)c1=N)O2. The van der Waals surface area contributed by atoms with E-state index in [0.29, 0.717) is 23.8 Å². The zero-order valence-electron chi connectivity index (χ0n) is 19.7. The molecule has 2 aromatic heterocycles. The van der Waals surface area contributed by atoms with E-state index in [2.05, 4.69) is 17.0 Å². The van der Waals surface area contributed by atoms with Gasteiger partial charge < -0.3 is 14.0 Å². The van der Waals surface area contributed by atoms with Gasteiger partial charge in [-0.1, -0.05) is 48.5 Å². The molecule has 4 heterocycles. The van der Waals surface area contributed by atoms with Crippen LogP contribution >= 0.6 is 0 Å². The number of ether oxygens (including phenoxy) is 2. The van der Waals surface area contributed by atoms with E-state index >= 15 is 0 Å². The molecule has 1 fully saturated rings. The van der Waals surface area contributed by atoms with E-state index in [0.717, 1.165) is 60.9 Å². The summed E-state index contributed by atoms with van der Waals surface area (Å²) < 4.78 is 15.6. The summed E-state index contributed by atoms with van der Waals surface area (Å²) in [6.45, 7) is 6.92. The van der Waals surface area contributed by atoms with Crippen molar-refractivity contribution in [3.05, 3.63) is 94.9 Å². The van der Waals surface area contributed by atoms with Crippen molar-refractivity contribution < 1.29 is 9.47 Å². The predicted octanol–water partition coefficient (Wildman–Crippen LogP) is 3.47. The molecule has 1 N–H and O–H groups in total. The minimum absolute atomic E-state index is 0.191. The number of hydrogen-bond donors (Lipinski definition) is 1. The highest BCUT2D eigenvalue weighted by Crippen LogP contribution is 2.47. The minimum Gasteiger partial charge on any atom is -0.420 e. The number of fused-ring (bicyclic) bond motifs is 2. The highest BCUT2D eigenvalue weighted by atomic mass is 16.5. The number of hydrogen-bond acceptors (Lipinski definition) is 6. The van der Waals surface area contributed by atoms with Crippen LogP contribution in [0.25, 0.3) is 5.69 Å². The van der Waals surface area contributed by atoms with E-state index < -0.39 is 0 Å². The third-order valence-corrected chi connectivity index (χ3v) is 6.81. The monoisotopic (exact) mass is 468 g/mol. The Balaban J connectivity index is 1.46. The van der Waals surface area contributed by atoms with E-state index in [1.165, 1.54) is 0 Å². The van der Waals surface area contributed by atoms with Crippen LogP contribution in [-0.2, 0) is 11.3 Å². The summed E-state index contributed by atoms with van der Waals surface area (Å²) in [7, 11) is 0. The van der Waals surface area contributed by atoms with Crippen LogP contribution in [0, 0.1) is 12.3 Å². The lowest BCUT2D eigenvalue weighted by atomic mass is 9.84. The molecular formula is C27H28N6O2. The fourth-order valence-corrected chi connectivity index (χ4v) is 5.00. The lowest BCUT2D eigenvalue weighted by Crippen LogP contribution is -2.40. The molecule has 2 aromatic carbocycles. The number of aryl methyl sites for hydroxylation is 1. The molecule has 178 valence electrons. The van der Waals surface area contributed by atoms with Crippen molar-refractivity contribution in [3.8, 4) is 17.4 Å². The largest absolute Gasteiger partial charge is 0.420 e. The predicted molar refractivity (Wildman–Crippen MR) is 131 cm³/mol. The van der Waals surface area contributed by atoms with Gasteiger partial charge in [-0.3, -0.25) is 10.3 Å². The summed E-state index contributed by atoms with van der Waals surface area (Å²) in [5.74, 6) is 0.937. The second kappa shape index (κ2) is 9.13. The van der Waals surface area contributed by atoms with E-state index in [4.69, 9.17) is 19.6 Å². The van der Waals surface area contributed by atoms with Crippen molar-refractivity contribution in [2.45, 2.75) is 19.4 Å². The Morgan fingerprint density at radius 3 is 2.40 bits per heavy atom. The lowest BCUT2D eigenvalue weighted by Gasteiger charge is -2.29. The van der Waals surface area contributed by atoms with Gasteiger partial charge in [-0.2, -0.15) is 5.10 Å². The maximum absolute atomic E-state index is 9.18. The topological polar surface area (TPSA) is 81.2 Å². The molecule has 0 amide bonds. The highest BCUT2D eigenvalue weighted by Gasteiger charge is 2.37. The lowest BCUT2D eigenvalue weighted by molar-refractivity contribution is 0.0362. The molecule has 2 aliphatic heterocycles. The Hall–Kier alpha value is -3.75. The molecule has 1 saturated heterocycles. The van der Waals surface area contributed by atoms with Gasteiger partial charge in [0.2, 0.25) is 11.8 Å². The first kappa shape index (κ1) is 21.8. The van der Waals surface area contributed by atoms with Gasteiger partial charge in [0.05, 0.1) is 41.6 Å². The number of aromatic nitrogens is 4. The van der Waals surface area contributed by atoms with Crippen molar-refractivity contribution in [2.24, 2.45) is 0 Å². The smallest absolute Gasteiger partial charge is 0.230 e. The molecule has 0 aliphatic carbocycles. The molecule has 0 radical (unpaired) electrons.